The molecule has 1 aromatic heterocycles. The van der Waals surface area contributed by atoms with Crippen molar-refractivity contribution >= 4 is 23.0 Å². The van der Waals surface area contributed by atoms with Gasteiger partial charge in [0.05, 0.1) is 0 Å². The van der Waals surface area contributed by atoms with Gasteiger partial charge < -0.3 is 15.1 Å². The van der Waals surface area contributed by atoms with E-state index in [0.29, 0.717) is 23.0 Å². The maximum atomic E-state index is 13.3. The summed E-state index contributed by atoms with van der Waals surface area (Å²) in [5.41, 5.74) is 1.07. The second-order valence-corrected chi connectivity index (χ2v) is 8.73. The van der Waals surface area contributed by atoms with Crippen molar-refractivity contribution in [2.24, 2.45) is 11.3 Å². The highest BCUT2D eigenvalue weighted by molar-refractivity contribution is 5.83. The maximum absolute atomic E-state index is 13.3. The second-order valence-electron chi connectivity index (χ2n) is 8.73. The lowest BCUT2D eigenvalue weighted by atomic mass is 9.82. The third-order valence-electron chi connectivity index (χ3n) is 6.96. The first-order valence-corrected chi connectivity index (χ1v) is 10.2. The van der Waals surface area contributed by atoms with Crippen LogP contribution < -0.4 is 10.6 Å². The van der Waals surface area contributed by atoms with Crippen molar-refractivity contribution in [3.8, 4) is 0 Å². The predicted octanol–water partition coefficient (Wildman–Crippen LogP) is 4.39. The molecule has 27 heavy (non-hydrogen) atoms. The molecular weight excluding hydrogens is 345 g/mol. The molecule has 3 saturated carbocycles. The van der Waals surface area contributed by atoms with Crippen LogP contribution in [-0.4, -0.2) is 23.0 Å². The van der Waals surface area contributed by atoms with E-state index >= 15 is 0 Å². The fraction of sp³-hybridized carbons (Fsp3) is 0.619. The third kappa shape index (κ3) is 3.19. The molecule has 0 unspecified atom stereocenters. The number of carbonyl (C=O) groups is 1. The number of rotatable bonds is 4. The molecule has 5 rings (SSSR count). The lowest BCUT2D eigenvalue weighted by Crippen LogP contribution is -2.46. The molecule has 6 heteroatoms. The fourth-order valence-corrected chi connectivity index (χ4v) is 5.37. The average molecular weight is 371 g/mol. The Labute approximate surface area is 158 Å². The highest BCUT2D eigenvalue weighted by Crippen LogP contribution is 2.54. The molecule has 0 radical (unpaired) electrons. The molecule has 144 valence electrons. The van der Waals surface area contributed by atoms with E-state index in [1.165, 1.54) is 25.0 Å². The predicted molar refractivity (Wildman–Crippen MR) is 101 cm³/mol. The number of nitrogens with one attached hydrogen (secondary N) is 2. The molecule has 3 aliphatic rings. The molecule has 2 N–H and O–H groups in total. The van der Waals surface area contributed by atoms with Crippen LogP contribution in [0.5, 0.6) is 0 Å². The molecule has 0 saturated heterocycles. The van der Waals surface area contributed by atoms with Gasteiger partial charge in [-0.05, 0) is 75.8 Å². The zero-order valence-corrected chi connectivity index (χ0v) is 15.5. The fourth-order valence-electron chi connectivity index (χ4n) is 5.37. The van der Waals surface area contributed by atoms with Crippen molar-refractivity contribution < 1.29 is 13.6 Å². The Balaban J connectivity index is 1.15. The number of benzene rings is 1. The van der Waals surface area contributed by atoms with Crippen LogP contribution in [0.2, 0.25) is 0 Å². The summed E-state index contributed by atoms with van der Waals surface area (Å²) >= 11 is 0. The summed E-state index contributed by atoms with van der Waals surface area (Å²) < 4.78 is 18.9. The first-order valence-electron chi connectivity index (χ1n) is 10.2. The van der Waals surface area contributed by atoms with Gasteiger partial charge in [0, 0.05) is 23.6 Å². The minimum Gasteiger partial charge on any atom is -0.424 e. The number of aromatic nitrogens is 1. The summed E-state index contributed by atoms with van der Waals surface area (Å²) in [7, 11) is 0. The Kier molecular flexibility index (Phi) is 4.10. The quantitative estimate of drug-likeness (QED) is 0.837. The van der Waals surface area contributed by atoms with Gasteiger partial charge >= 0.3 is 0 Å². The van der Waals surface area contributed by atoms with Gasteiger partial charge in [-0.15, -0.1) is 0 Å². The van der Waals surface area contributed by atoms with Crippen molar-refractivity contribution in [3.63, 3.8) is 0 Å². The number of anilines is 1. The average Bonchev–Trinajstić information content (AvgIpc) is 3.37. The Bertz CT molecular complexity index is 848. The number of carbonyl (C=O) groups excluding carboxylic acids is 1. The minimum atomic E-state index is -0.311. The first kappa shape index (κ1) is 17.0. The smallest absolute Gasteiger partial charge is 0.295 e. The summed E-state index contributed by atoms with van der Waals surface area (Å²) in [6.45, 7) is 0. The molecule has 1 amide bonds. The van der Waals surface area contributed by atoms with Crippen molar-refractivity contribution in [2.45, 2.75) is 69.9 Å². The van der Waals surface area contributed by atoms with Gasteiger partial charge in [-0.1, -0.05) is 0 Å². The molecule has 5 nitrogen and oxygen atoms in total. The number of hydrogen-bond acceptors (Lipinski definition) is 4. The SMILES string of the molecule is O=C(NC1CCC(Nc2nc3cc(F)ccc3o2)CC1)C12CCC(CC1)C2. The highest BCUT2D eigenvalue weighted by atomic mass is 19.1. The molecule has 3 aliphatic carbocycles. The molecule has 2 bridgehead atoms. The summed E-state index contributed by atoms with van der Waals surface area (Å²) in [6.07, 6.45) is 9.61. The summed E-state index contributed by atoms with van der Waals surface area (Å²) in [4.78, 5) is 17.1. The second kappa shape index (κ2) is 6.50. The van der Waals surface area contributed by atoms with Gasteiger partial charge in [0.2, 0.25) is 5.91 Å². The zero-order chi connectivity index (χ0) is 18.4. The van der Waals surface area contributed by atoms with Crippen LogP contribution >= 0.6 is 0 Å². The van der Waals surface area contributed by atoms with E-state index in [2.05, 4.69) is 15.6 Å². The van der Waals surface area contributed by atoms with E-state index in [0.717, 1.165) is 50.9 Å². The number of hydrogen-bond donors (Lipinski definition) is 2. The normalized spacial score (nSPS) is 32.7. The monoisotopic (exact) mass is 371 g/mol. The molecule has 0 atom stereocenters. The molecule has 1 aromatic carbocycles. The topological polar surface area (TPSA) is 67.2 Å². The molecule has 0 aliphatic heterocycles. The van der Waals surface area contributed by atoms with Crippen molar-refractivity contribution in [3.05, 3.63) is 24.0 Å². The van der Waals surface area contributed by atoms with Crippen LogP contribution in [0.15, 0.2) is 22.6 Å². The minimum absolute atomic E-state index is 0.0484. The molecule has 3 fully saturated rings. The van der Waals surface area contributed by atoms with E-state index in [4.69, 9.17) is 4.42 Å². The van der Waals surface area contributed by atoms with Crippen molar-refractivity contribution in [1.29, 1.82) is 0 Å². The maximum Gasteiger partial charge on any atom is 0.295 e. The number of fused-ring (bicyclic) bond motifs is 3. The van der Waals surface area contributed by atoms with E-state index in [-0.39, 0.29) is 23.3 Å². The lowest BCUT2D eigenvalue weighted by Gasteiger charge is -2.33. The third-order valence-corrected chi connectivity index (χ3v) is 6.96. The van der Waals surface area contributed by atoms with E-state index < -0.39 is 0 Å². The van der Waals surface area contributed by atoms with Crippen LogP contribution in [0, 0.1) is 17.2 Å². The van der Waals surface area contributed by atoms with Gasteiger partial charge in [0.25, 0.3) is 6.01 Å². The summed E-state index contributed by atoms with van der Waals surface area (Å²) in [6, 6.07) is 5.36. The van der Waals surface area contributed by atoms with Crippen LogP contribution in [0.4, 0.5) is 10.4 Å². The number of oxazole rings is 1. The van der Waals surface area contributed by atoms with Gasteiger partial charge in [-0.2, -0.15) is 4.98 Å². The Hall–Kier alpha value is -2.11. The number of amides is 1. The number of halogens is 1. The van der Waals surface area contributed by atoms with Crippen molar-refractivity contribution in [2.75, 3.05) is 5.32 Å². The lowest BCUT2D eigenvalue weighted by molar-refractivity contribution is -0.131. The summed E-state index contributed by atoms with van der Waals surface area (Å²) in [5, 5.41) is 6.68. The Morgan fingerprint density at radius 1 is 1.11 bits per heavy atom. The van der Waals surface area contributed by atoms with Crippen molar-refractivity contribution in [1.82, 2.24) is 10.3 Å². The van der Waals surface area contributed by atoms with E-state index in [1.807, 2.05) is 0 Å². The van der Waals surface area contributed by atoms with Gasteiger partial charge in [0.15, 0.2) is 5.58 Å². The van der Waals surface area contributed by atoms with Crippen LogP contribution in [-0.2, 0) is 4.79 Å². The van der Waals surface area contributed by atoms with Crippen LogP contribution in [0.25, 0.3) is 11.1 Å². The van der Waals surface area contributed by atoms with Gasteiger partial charge in [0.1, 0.15) is 11.3 Å². The molecule has 1 heterocycles. The Morgan fingerprint density at radius 3 is 2.56 bits per heavy atom. The van der Waals surface area contributed by atoms with E-state index in [9.17, 15) is 9.18 Å². The van der Waals surface area contributed by atoms with Crippen LogP contribution in [0.1, 0.15) is 57.8 Å². The Morgan fingerprint density at radius 2 is 1.85 bits per heavy atom. The largest absolute Gasteiger partial charge is 0.424 e. The molecular formula is C21H26FN3O2. The van der Waals surface area contributed by atoms with Crippen LogP contribution in [0.3, 0.4) is 0 Å². The van der Waals surface area contributed by atoms with Gasteiger partial charge in [-0.3, -0.25) is 4.79 Å². The summed E-state index contributed by atoms with van der Waals surface area (Å²) in [5.74, 6) is 0.786. The first-order chi connectivity index (χ1) is 13.1. The number of nitrogens with zero attached hydrogens (tertiary/aromatic N) is 1. The highest BCUT2D eigenvalue weighted by Gasteiger charge is 2.50. The zero-order valence-electron chi connectivity index (χ0n) is 15.5. The van der Waals surface area contributed by atoms with Gasteiger partial charge in [-0.25, -0.2) is 4.39 Å². The molecule has 2 aromatic rings. The molecule has 0 spiro atoms. The standard InChI is InChI=1S/C21H26FN3O2/c22-14-1-6-18-17(11-14)25-20(27-18)24-16-4-2-15(3-5-16)23-19(26)21-9-7-13(12-21)8-10-21/h1,6,11,13,15-16H,2-5,7-10,12H2,(H,23,26)(H,24,25). The van der Waals surface area contributed by atoms with E-state index in [1.54, 1.807) is 6.07 Å².